The number of H-pyrrole nitrogens is 1. The third-order valence-corrected chi connectivity index (χ3v) is 4.64. The molecule has 0 aliphatic heterocycles. The summed E-state index contributed by atoms with van der Waals surface area (Å²) in [6.45, 7) is 2.84. The lowest BCUT2D eigenvalue weighted by Crippen LogP contribution is -2.07. The summed E-state index contributed by atoms with van der Waals surface area (Å²) in [4.78, 5) is 15.2. The predicted octanol–water partition coefficient (Wildman–Crippen LogP) is 4.41. The number of carbonyl (C=O) groups excluding carboxylic acids is 1. The first-order valence-electron chi connectivity index (χ1n) is 8.70. The highest BCUT2D eigenvalue weighted by Gasteiger charge is 2.46. The summed E-state index contributed by atoms with van der Waals surface area (Å²) in [6, 6.07) is 18.3. The van der Waals surface area contributed by atoms with Crippen LogP contribution in [0.4, 0.5) is 0 Å². The molecule has 0 radical (unpaired) electrons. The van der Waals surface area contributed by atoms with E-state index in [4.69, 9.17) is 9.47 Å². The molecule has 1 aliphatic rings. The van der Waals surface area contributed by atoms with Gasteiger partial charge in [-0.15, -0.1) is 0 Å². The van der Waals surface area contributed by atoms with Crippen molar-refractivity contribution in [2.45, 2.75) is 25.9 Å². The smallest absolute Gasteiger partial charge is 0.309 e. The van der Waals surface area contributed by atoms with E-state index in [0.29, 0.717) is 13.2 Å². The number of aromatic amines is 1. The molecule has 4 heteroatoms. The van der Waals surface area contributed by atoms with Gasteiger partial charge in [0.1, 0.15) is 12.4 Å². The van der Waals surface area contributed by atoms with E-state index in [1.165, 1.54) is 0 Å². The van der Waals surface area contributed by atoms with E-state index >= 15 is 0 Å². The molecule has 2 aromatic carbocycles. The number of hydrogen-bond acceptors (Lipinski definition) is 3. The van der Waals surface area contributed by atoms with Crippen LogP contribution in [-0.2, 0) is 16.1 Å². The molecule has 0 bridgehead atoms. The van der Waals surface area contributed by atoms with Gasteiger partial charge in [-0.3, -0.25) is 4.79 Å². The molecular weight excluding hydrogens is 314 g/mol. The van der Waals surface area contributed by atoms with Gasteiger partial charge in [-0.1, -0.05) is 30.3 Å². The van der Waals surface area contributed by atoms with Gasteiger partial charge in [0.2, 0.25) is 0 Å². The first kappa shape index (κ1) is 15.8. The van der Waals surface area contributed by atoms with Crippen LogP contribution >= 0.6 is 0 Å². The normalized spacial score (nSPS) is 18.9. The number of aromatic nitrogens is 1. The van der Waals surface area contributed by atoms with Gasteiger partial charge in [-0.2, -0.15) is 0 Å². The zero-order chi connectivity index (χ0) is 17.2. The molecule has 1 fully saturated rings. The second-order valence-corrected chi connectivity index (χ2v) is 6.45. The topological polar surface area (TPSA) is 51.3 Å². The molecule has 25 heavy (non-hydrogen) atoms. The van der Waals surface area contributed by atoms with Gasteiger partial charge >= 0.3 is 5.97 Å². The lowest BCUT2D eigenvalue weighted by Gasteiger charge is -2.06. The molecule has 1 aromatic heterocycles. The van der Waals surface area contributed by atoms with Gasteiger partial charge in [-0.05, 0) is 43.2 Å². The van der Waals surface area contributed by atoms with Gasteiger partial charge in [-0.25, -0.2) is 0 Å². The van der Waals surface area contributed by atoms with E-state index in [2.05, 4.69) is 23.2 Å². The van der Waals surface area contributed by atoms with Crippen LogP contribution in [0, 0.1) is 5.92 Å². The highest BCUT2D eigenvalue weighted by Crippen LogP contribution is 2.48. The number of benzene rings is 2. The minimum absolute atomic E-state index is 0.00168. The summed E-state index contributed by atoms with van der Waals surface area (Å²) in [7, 11) is 0. The van der Waals surface area contributed by atoms with Crippen molar-refractivity contribution < 1.29 is 14.3 Å². The largest absolute Gasteiger partial charge is 0.489 e. The van der Waals surface area contributed by atoms with E-state index in [9.17, 15) is 4.79 Å². The van der Waals surface area contributed by atoms with Crippen LogP contribution < -0.4 is 4.74 Å². The van der Waals surface area contributed by atoms with Gasteiger partial charge < -0.3 is 14.5 Å². The molecule has 1 N–H and O–H groups in total. The summed E-state index contributed by atoms with van der Waals surface area (Å²) < 4.78 is 11.0. The molecule has 2 atom stereocenters. The maximum absolute atomic E-state index is 11.8. The zero-order valence-corrected chi connectivity index (χ0v) is 14.2. The first-order valence-corrected chi connectivity index (χ1v) is 8.70. The van der Waals surface area contributed by atoms with Crippen LogP contribution in [-0.4, -0.2) is 17.6 Å². The molecule has 1 heterocycles. The summed E-state index contributed by atoms with van der Waals surface area (Å²) in [6.07, 6.45) is 0.864. The molecule has 1 saturated carbocycles. The Morgan fingerprint density at radius 3 is 2.80 bits per heavy atom. The van der Waals surface area contributed by atoms with Crippen molar-refractivity contribution in [2.24, 2.45) is 5.92 Å². The molecule has 1 aliphatic carbocycles. The fraction of sp³-hybridized carbons (Fsp3) is 0.286. The molecule has 4 rings (SSSR count). The molecule has 128 valence electrons. The number of rotatable bonds is 6. The highest BCUT2D eigenvalue weighted by molar-refractivity contribution is 5.83. The maximum Gasteiger partial charge on any atom is 0.309 e. The van der Waals surface area contributed by atoms with E-state index < -0.39 is 0 Å². The van der Waals surface area contributed by atoms with Crippen LogP contribution in [0.25, 0.3) is 10.9 Å². The lowest BCUT2D eigenvalue weighted by molar-refractivity contribution is -0.144. The molecular formula is C21H21NO3. The minimum atomic E-state index is -0.0851. The monoisotopic (exact) mass is 335 g/mol. The van der Waals surface area contributed by atoms with Gasteiger partial charge in [0, 0.05) is 22.5 Å². The molecule has 0 saturated heterocycles. The van der Waals surface area contributed by atoms with E-state index in [1.54, 1.807) is 0 Å². The van der Waals surface area contributed by atoms with Gasteiger partial charge in [0.05, 0.1) is 12.5 Å². The van der Waals surface area contributed by atoms with E-state index in [0.717, 1.165) is 34.3 Å². The third-order valence-electron chi connectivity index (χ3n) is 4.64. The summed E-state index contributed by atoms with van der Waals surface area (Å²) in [5, 5.41) is 1.11. The maximum atomic E-state index is 11.8. The Morgan fingerprint density at radius 1 is 1.16 bits per heavy atom. The molecule has 4 nitrogen and oxygen atoms in total. The van der Waals surface area contributed by atoms with Crippen LogP contribution in [0.5, 0.6) is 5.75 Å². The average molecular weight is 335 g/mol. The van der Waals surface area contributed by atoms with Crippen molar-refractivity contribution in [1.29, 1.82) is 0 Å². The fourth-order valence-corrected chi connectivity index (χ4v) is 3.21. The highest BCUT2D eigenvalue weighted by atomic mass is 16.5. The first-order chi connectivity index (χ1) is 12.2. The Hall–Kier alpha value is -2.75. The Bertz CT molecular complexity index is 885. The van der Waals surface area contributed by atoms with Crippen LogP contribution in [0.3, 0.4) is 0 Å². The Morgan fingerprint density at radius 2 is 2.00 bits per heavy atom. The summed E-state index contributed by atoms with van der Waals surface area (Å²) in [5.41, 5.74) is 3.32. The number of ether oxygens (including phenoxy) is 2. The van der Waals surface area contributed by atoms with Crippen LogP contribution in [0.15, 0.2) is 54.6 Å². The second-order valence-electron chi connectivity index (χ2n) is 6.45. The number of carbonyl (C=O) groups is 1. The van der Waals surface area contributed by atoms with Crippen LogP contribution in [0.2, 0.25) is 0 Å². The van der Waals surface area contributed by atoms with Crippen molar-refractivity contribution >= 4 is 16.9 Å². The number of nitrogens with one attached hydrogen (secondary N) is 1. The lowest BCUT2D eigenvalue weighted by atomic mass is 10.2. The number of fused-ring (bicyclic) bond motifs is 1. The van der Waals surface area contributed by atoms with Gasteiger partial charge in [0.15, 0.2) is 0 Å². The van der Waals surface area contributed by atoms with E-state index in [-0.39, 0.29) is 17.8 Å². The van der Waals surface area contributed by atoms with Crippen LogP contribution in [0.1, 0.15) is 30.5 Å². The van der Waals surface area contributed by atoms with E-state index in [1.807, 2.05) is 43.3 Å². The van der Waals surface area contributed by atoms with Crippen molar-refractivity contribution in [3.8, 4) is 5.75 Å². The molecule has 0 amide bonds. The molecule has 2 unspecified atom stereocenters. The molecule has 0 spiro atoms. The van der Waals surface area contributed by atoms with Gasteiger partial charge in [0.25, 0.3) is 0 Å². The van der Waals surface area contributed by atoms with Crippen molar-refractivity contribution in [1.82, 2.24) is 4.98 Å². The second kappa shape index (κ2) is 6.63. The summed E-state index contributed by atoms with van der Waals surface area (Å²) in [5.74, 6) is 1.01. The third kappa shape index (κ3) is 3.38. The minimum Gasteiger partial charge on any atom is -0.489 e. The Labute approximate surface area is 146 Å². The van der Waals surface area contributed by atoms with Crippen molar-refractivity contribution in [3.05, 3.63) is 65.9 Å². The summed E-state index contributed by atoms with van der Waals surface area (Å²) >= 11 is 0. The predicted molar refractivity (Wildman–Crippen MR) is 96.6 cm³/mol. The fourth-order valence-electron chi connectivity index (χ4n) is 3.21. The SMILES string of the molecule is CCOC(=O)C1CC1c1cc2cc(OCc3ccccc3)ccc2[nH]1. The number of hydrogen-bond donors (Lipinski definition) is 1. The standard InChI is InChI=1S/C21H21NO3/c1-2-24-21(23)18-12-17(18)20-11-15-10-16(8-9-19(15)22-20)25-13-14-6-4-3-5-7-14/h3-11,17-18,22H,2,12-13H2,1H3. The van der Waals surface area contributed by atoms with Crippen molar-refractivity contribution in [2.75, 3.05) is 6.61 Å². The Balaban J connectivity index is 1.46. The molecule has 3 aromatic rings. The average Bonchev–Trinajstić information content (AvgIpc) is 3.33. The Kier molecular flexibility index (Phi) is 4.18. The number of esters is 1. The van der Waals surface area contributed by atoms with Crippen molar-refractivity contribution in [3.63, 3.8) is 0 Å². The zero-order valence-electron chi connectivity index (χ0n) is 14.2. The quantitative estimate of drug-likeness (QED) is 0.679.